The lowest BCUT2D eigenvalue weighted by molar-refractivity contribution is -0.121. The Balaban J connectivity index is 1.31. The molecule has 0 saturated carbocycles. The Labute approximate surface area is 208 Å². The lowest BCUT2D eigenvalue weighted by Gasteiger charge is -2.38. The predicted molar refractivity (Wildman–Crippen MR) is 130 cm³/mol. The van der Waals surface area contributed by atoms with Crippen LogP contribution in [-0.2, 0) is 9.53 Å². The van der Waals surface area contributed by atoms with Crippen molar-refractivity contribution in [3.8, 4) is 11.5 Å². The van der Waals surface area contributed by atoms with Gasteiger partial charge in [-0.1, -0.05) is 11.6 Å². The van der Waals surface area contributed by atoms with Gasteiger partial charge in [0.2, 0.25) is 0 Å². The van der Waals surface area contributed by atoms with E-state index in [0.29, 0.717) is 47.3 Å². The summed E-state index contributed by atoms with van der Waals surface area (Å²) in [4.78, 5) is 28.9. The summed E-state index contributed by atoms with van der Waals surface area (Å²) in [6.07, 6.45) is 1.33. The number of hydrogen-bond donors (Lipinski definition) is 1. The third-order valence-electron chi connectivity index (χ3n) is 6.32. The number of hydrogen-bond acceptors (Lipinski definition) is 6. The van der Waals surface area contributed by atoms with Crippen molar-refractivity contribution < 1.29 is 28.2 Å². The number of piperidine rings is 1. The molecule has 2 heterocycles. The van der Waals surface area contributed by atoms with Gasteiger partial charge in [-0.25, -0.2) is 4.39 Å². The molecule has 35 heavy (non-hydrogen) atoms. The van der Waals surface area contributed by atoms with E-state index in [-0.39, 0.29) is 36.4 Å². The topological polar surface area (TPSA) is 80.3 Å². The summed E-state index contributed by atoms with van der Waals surface area (Å²) in [6.45, 7) is 2.67. The molecule has 2 aliphatic rings. The zero-order valence-corrected chi connectivity index (χ0v) is 20.5. The van der Waals surface area contributed by atoms with Crippen LogP contribution in [0.3, 0.4) is 0 Å². The number of anilines is 1. The van der Waals surface area contributed by atoms with Gasteiger partial charge in [-0.3, -0.25) is 9.59 Å². The Hall–Kier alpha value is -2.88. The number of ether oxygens (including phenoxy) is 3. The number of carbonyl (C=O) groups is 2. The molecule has 2 amide bonds. The molecule has 8 nitrogen and oxygen atoms in total. The zero-order valence-electron chi connectivity index (χ0n) is 19.8. The van der Waals surface area contributed by atoms with Gasteiger partial charge >= 0.3 is 0 Å². The first-order valence-corrected chi connectivity index (χ1v) is 11.9. The maximum Gasteiger partial charge on any atom is 0.264 e. The van der Waals surface area contributed by atoms with Gasteiger partial charge in [0.15, 0.2) is 12.4 Å². The fourth-order valence-corrected chi connectivity index (χ4v) is 4.57. The number of nitrogens with zero attached hydrogens (tertiary/aromatic N) is 2. The second kappa shape index (κ2) is 11.2. The minimum absolute atomic E-state index is 0.130. The molecular formula is C25H29ClFN3O5. The highest BCUT2D eigenvalue weighted by Crippen LogP contribution is 2.37. The van der Waals surface area contributed by atoms with E-state index in [2.05, 4.69) is 10.2 Å². The molecule has 0 radical (unpaired) electrons. The Morgan fingerprint density at radius 1 is 1.29 bits per heavy atom. The zero-order chi connectivity index (χ0) is 24.9. The summed E-state index contributed by atoms with van der Waals surface area (Å²) in [6, 6.07) is 8.96. The van der Waals surface area contributed by atoms with Crippen LogP contribution in [0.5, 0.6) is 11.5 Å². The molecule has 10 heteroatoms. The fourth-order valence-electron chi connectivity index (χ4n) is 4.36. The van der Waals surface area contributed by atoms with Crippen LogP contribution in [0.4, 0.5) is 10.1 Å². The number of halogens is 2. The summed E-state index contributed by atoms with van der Waals surface area (Å²) >= 11 is 6.23. The molecule has 2 aromatic rings. The maximum atomic E-state index is 13.2. The van der Waals surface area contributed by atoms with Gasteiger partial charge in [0.1, 0.15) is 11.6 Å². The molecule has 0 bridgehead atoms. The maximum absolute atomic E-state index is 13.2. The van der Waals surface area contributed by atoms with Crippen molar-refractivity contribution in [3.63, 3.8) is 0 Å². The molecule has 188 valence electrons. The number of carbonyl (C=O) groups excluding carboxylic acids is 2. The van der Waals surface area contributed by atoms with Gasteiger partial charge < -0.3 is 29.3 Å². The van der Waals surface area contributed by atoms with Gasteiger partial charge in [0.05, 0.1) is 30.0 Å². The number of methoxy groups -OCH3 is 1. The van der Waals surface area contributed by atoms with Gasteiger partial charge in [-0.05, 0) is 49.2 Å². The molecule has 0 aromatic heterocycles. The Kier molecular flexibility index (Phi) is 8.10. The van der Waals surface area contributed by atoms with Crippen LogP contribution in [0.25, 0.3) is 0 Å². The van der Waals surface area contributed by atoms with Crippen LogP contribution >= 0.6 is 11.6 Å². The first-order chi connectivity index (χ1) is 16.9. The number of nitrogens with one attached hydrogen (secondary N) is 1. The molecule has 2 atom stereocenters. The molecule has 1 fully saturated rings. The predicted octanol–water partition coefficient (Wildman–Crippen LogP) is 3.12. The average Bonchev–Trinajstić information content (AvgIpc) is 2.85. The number of amides is 2. The molecule has 0 aliphatic carbocycles. The molecule has 1 N–H and O–H groups in total. The summed E-state index contributed by atoms with van der Waals surface area (Å²) in [5, 5.41) is 3.41. The molecule has 0 spiro atoms. The van der Waals surface area contributed by atoms with E-state index in [0.717, 1.165) is 19.5 Å². The van der Waals surface area contributed by atoms with Crippen LogP contribution in [0.2, 0.25) is 5.02 Å². The smallest absolute Gasteiger partial charge is 0.264 e. The summed E-state index contributed by atoms with van der Waals surface area (Å²) in [5.74, 6) is 0.177. The monoisotopic (exact) mass is 505 g/mol. The van der Waals surface area contributed by atoms with Gasteiger partial charge in [0, 0.05) is 38.8 Å². The van der Waals surface area contributed by atoms with Gasteiger partial charge in [0.25, 0.3) is 11.8 Å². The summed E-state index contributed by atoms with van der Waals surface area (Å²) < 4.78 is 29.9. The van der Waals surface area contributed by atoms with E-state index in [1.807, 2.05) is 0 Å². The molecule has 1 saturated heterocycles. The quantitative estimate of drug-likeness (QED) is 0.555. The molecule has 2 aliphatic heterocycles. The Bertz CT molecular complexity index is 1070. The van der Waals surface area contributed by atoms with Crippen molar-refractivity contribution in [2.24, 2.45) is 0 Å². The van der Waals surface area contributed by atoms with Crippen LogP contribution in [0.1, 0.15) is 23.2 Å². The van der Waals surface area contributed by atoms with Crippen LogP contribution in [-0.4, -0.2) is 75.9 Å². The fraction of sp³-hybridized carbons (Fsp3) is 0.440. The number of likely N-dealkylation sites (N-methyl/N-ethyl adjacent to an activating group) is 1. The van der Waals surface area contributed by atoms with Crippen LogP contribution in [0.15, 0.2) is 36.4 Å². The van der Waals surface area contributed by atoms with E-state index in [4.69, 9.17) is 25.8 Å². The van der Waals surface area contributed by atoms with E-state index in [9.17, 15) is 14.0 Å². The SMILES string of the molecule is COC1CN(CCCOc2ccc(F)cc2)CCC1NC(=O)c1cc(Cl)cc2c1OCC(=O)N2C. The van der Waals surface area contributed by atoms with Crippen molar-refractivity contribution >= 4 is 29.1 Å². The number of likely N-dealkylation sites (tertiary alicyclic amines) is 1. The second-order valence-electron chi connectivity index (χ2n) is 8.64. The third kappa shape index (κ3) is 6.04. The van der Waals surface area contributed by atoms with Gasteiger partial charge in [-0.15, -0.1) is 0 Å². The molecule has 4 rings (SSSR count). The third-order valence-corrected chi connectivity index (χ3v) is 6.54. The minimum atomic E-state index is -0.320. The highest BCUT2D eigenvalue weighted by atomic mass is 35.5. The van der Waals surface area contributed by atoms with E-state index in [1.165, 1.54) is 17.0 Å². The summed E-state index contributed by atoms with van der Waals surface area (Å²) in [5.41, 5.74) is 0.766. The van der Waals surface area contributed by atoms with Gasteiger partial charge in [-0.2, -0.15) is 0 Å². The number of rotatable bonds is 8. The first-order valence-electron chi connectivity index (χ1n) is 11.5. The lowest BCUT2D eigenvalue weighted by atomic mass is 10.0. The van der Waals surface area contributed by atoms with Crippen molar-refractivity contribution in [2.75, 3.05) is 51.9 Å². The summed E-state index contributed by atoms with van der Waals surface area (Å²) in [7, 11) is 3.26. The van der Waals surface area contributed by atoms with Crippen LogP contribution in [0, 0.1) is 5.82 Å². The number of fused-ring (bicyclic) bond motifs is 1. The Morgan fingerprint density at radius 3 is 2.80 bits per heavy atom. The van der Waals surface area contributed by atoms with E-state index < -0.39 is 0 Å². The lowest BCUT2D eigenvalue weighted by Crippen LogP contribution is -2.55. The highest BCUT2D eigenvalue weighted by Gasteiger charge is 2.33. The van der Waals surface area contributed by atoms with E-state index >= 15 is 0 Å². The Morgan fingerprint density at radius 2 is 2.06 bits per heavy atom. The normalized spacial score (nSPS) is 20.2. The first kappa shape index (κ1) is 25.2. The van der Waals surface area contributed by atoms with Crippen molar-refractivity contribution in [3.05, 3.63) is 52.8 Å². The van der Waals surface area contributed by atoms with Crippen molar-refractivity contribution in [2.45, 2.75) is 25.0 Å². The standard InChI is InChI=1S/C25H29ClFN3O5/c1-29-21-13-16(26)12-19(24(21)35-15-23(29)31)25(32)28-20-8-10-30(14-22(20)33-2)9-3-11-34-18-6-4-17(27)5-7-18/h4-7,12-13,20,22H,3,8-11,14-15H2,1-2H3,(H,28,32). The van der Waals surface area contributed by atoms with Crippen molar-refractivity contribution in [1.82, 2.24) is 10.2 Å². The van der Waals surface area contributed by atoms with Crippen molar-refractivity contribution in [1.29, 1.82) is 0 Å². The molecular weight excluding hydrogens is 477 g/mol. The largest absolute Gasteiger partial charge is 0.494 e. The molecule has 2 unspecified atom stereocenters. The highest BCUT2D eigenvalue weighted by molar-refractivity contribution is 6.31. The van der Waals surface area contributed by atoms with E-state index in [1.54, 1.807) is 38.4 Å². The van der Waals surface area contributed by atoms with Crippen LogP contribution < -0.4 is 19.7 Å². The second-order valence-corrected chi connectivity index (χ2v) is 9.08. The average molecular weight is 506 g/mol. The minimum Gasteiger partial charge on any atom is -0.494 e. The number of benzene rings is 2. The molecule has 2 aromatic carbocycles.